The lowest BCUT2D eigenvalue weighted by Crippen LogP contribution is -2.52. The first-order chi connectivity index (χ1) is 13.6. The number of anilines is 1. The summed E-state index contributed by atoms with van der Waals surface area (Å²) in [5.41, 5.74) is -0.494. The maximum Gasteiger partial charge on any atom is 0.405 e. The van der Waals surface area contributed by atoms with Crippen LogP contribution >= 0.6 is 0 Å². The highest BCUT2D eigenvalue weighted by atomic mass is 19.4. The third-order valence-corrected chi connectivity index (χ3v) is 4.39. The Kier molecular flexibility index (Phi) is 5.36. The summed E-state index contributed by atoms with van der Waals surface area (Å²) in [5.74, 6) is -1.97. The van der Waals surface area contributed by atoms with Gasteiger partial charge in [-0.2, -0.15) is 13.2 Å². The Balaban J connectivity index is 1.90. The molecule has 154 valence electrons. The highest BCUT2D eigenvalue weighted by Gasteiger charge is 2.36. The van der Waals surface area contributed by atoms with Gasteiger partial charge in [0.1, 0.15) is 24.1 Å². The molecule has 0 unspecified atom stereocenters. The van der Waals surface area contributed by atoms with Crippen LogP contribution in [-0.2, 0) is 4.79 Å². The van der Waals surface area contributed by atoms with Gasteiger partial charge in [-0.05, 0) is 13.3 Å². The molecule has 0 aliphatic carbocycles. The van der Waals surface area contributed by atoms with Crippen LogP contribution in [0.2, 0.25) is 0 Å². The summed E-state index contributed by atoms with van der Waals surface area (Å²) in [4.78, 5) is 31.2. The molecular formula is C17H17F4N7O. The first-order valence-corrected chi connectivity index (χ1v) is 8.56. The minimum absolute atomic E-state index is 0.0798. The molecule has 0 aromatic carbocycles. The minimum Gasteiger partial charge on any atom is -0.354 e. The summed E-state index contributed by atoms with van der Waals surface area (Å²) in [6, 6.07) is 0. The molecule has 0 fully saturated rings. The summed E-state index contributed by atoms with van der Waals surface area (Å²) in [6.07, 6.45) is 0.899. The van der Waals surface area contributed by atoms with E-state index in [9.17, 15) is 22.4 Å². The van der Waals surface area contributed by atoms with Gasteiger partial charge in [0, 0.05) is 23.3 Å². The second-order valence-electron chi connectivity index (χ2n) is 6.49. The van der Waals surface area contributed by atoms with Gasteiger partial charge in [-0.1, -0.05) is 6.92 Å². The Labute approximate surface area is 162 Å². The van der Waals surface area contributed by atoms with E-state index in [-0.39, 0.29) is 18.1 Å². The third kappa shape index (κ3) is 4.41. The quantitative estimate of drug-likeness (QED) is 0.539. The van der Waals surface area contributed by atoms with Gasteiger partial charge in [-0.25, -0.2) is 24.3 Å². The van der Waals surface area contributed by atoms with Crippen molar-refractivity contribution in [1.29, 1.82) is 0 Å². The molecule has 12 heteroatoms. The van der Waals surface area contributed by atoms with Crippen molar-refractivity contribution in [2.75, 3.05) is 11.9 Å². The first-order valence-electron chi connectivity index (χ1n) is 8.56. The lowest BCUT2D eigenvalue weighted by Gasteiger charge is -2.29. The molecule has 1 atom stereocenters. The highest BCUT2D eigenvalue weighted by molar-refractivity contribution is 5.91. The summed E-state index contributed by atoms with van der Waals surface area (Å²) >= 11 is 0. The van der Waals surface area contributed by atoms with E-state index in [1.165, 1.54) is 19.4 Å². The van der Waals surface area contributed by atoms with Crippen molar-refractivity contribution in [2.45, 2.75) is 32.0 Å². The van der Waals surface area contributed by atoms with Gasteiger partial charge in [0.15, 0.2) is 17.5 Å². The van der Waals surface area contributed by atoms with E-state index in [1.807, 2.05) is 0 Å². The molecule has 0 radical (unpaired) electrons. The van der Waals surface area contributed by atoms with Crippen molar-refractivity contribution < 1.29 is 22.4 Å². The van der Waals surface area contributed by atoms with E-state index in [0.29, 0.717) is 16.6 Å². The number of hydrogen-bond donors (Lipinski definition) is 3. The average molecular weight is 411 g/mol. The number of carbonyl (C=O) groups excluding carboxylic acids is 1. The van der Waals surface area contributed by atoms with Crippen LogP contribution in [0.25, 0.3) is 22.4 Å². The molecule has 1 amide bonds. The van der Waals surface area contributed by atoms with Crippen molar-refractivity contribution in [1.82, 2.24) is 30.2 Å². The minimum atomic E-state index is -4.56. The molecule has 3 aromatic heterocycles. The van der Waals surface area contributed by atoms with Gasteiger partial charge in [0.2, 0.25) is 5.91 Å². The maximum atomic E-state index is 14.3. The van der Waals surface area contributed by atoms with Gasteiger partial charge >= 0.3 is 6.18 Å². The molecule has 3 N–H and O–H groups in total. The molecule has 0 saturated heterocycles. The average Bonchev–Trinajstić information content (AvgIpc) is 3.11. The van der Waals surface area contributed by atoms with E-state index in [2.05, 4.69) is 30.2 Å². The third-order valence-electron chi connectivity index (χ3n) is 4.39. The Morgan fingerprint density at radius 2 is 2.00 bits per heavy atom. The SMILES string of the molecule is CC[C@@](C)(Nc1nc(-c2c[nH]c3ncncc23)ncc1F)C(=O)NCC(F)(F)F. The Morgan fingerprint density at radius 1 is 1.24 bits per heavy atom. The van der Waals surface area contributed by atoms with E-state index in [4.69, 9.17) is 0 Å². The number of halogens is 4. The van der Waals surface area contributed by atoms with Crippen LogP contribution in [0, 0.1) is 5.82 Å². The number of nitrogens with one attached hydrogen (secondary N) is 3. The predicted molar refractivity (Wildman–Crippen MR) is 96.3 cm³/mol. The molecular weight excluding hydrogens is 394 g/mol. The lowest BCUT2D eigenvalue weighted by molar-refractivity contribution is -0.140. The van der Waals surface area contributed by atoms with Crippen molar-refractivity contribution in [3.8, 4) is 11.4 Å². The van der Waals surface area contributed by atoms with Crippen LogP contribution in [0.3, 0.4) is 0 Å². The number of aromatic nitrogens is 5. The van der Waals surface area contributed by atoms with E-state index < -0.39 is 30.0 Å². The summed E-state index contributed by atoms with van der Waals surface area (Å²) in [7, 11) is 0. The zero-order chi connectivity index (χ0) is 21.2. The van der Waals surface area contributed by atoms with Crippen LogP contribution in [-0.4, -0.2) is 49.1 Å². The molecule has 8 nitrogen and oxygen atoms in total. The molecule has 3 rings (SSSR count). The lowest BCUT2D eigenvalue weighted by atomic mass is 9.97. The van der Waals surface area contributed by atoms with Gasteiger partial charge in [0.05, 0.1) is 6.20 Å². The predicted octanol–water partition coefficient (Wildman–Crippen LogP) is 2.81. The number of alkyl halides is 3. The van der Waals surface area contributed by atoms with E-state index in [1.54, 1.807) is 18.4 Å². The molecule has 0 aliphatic rings. The van der Waals surface area contributed by atoms with E-state index >= 15 is 0 Å². The number of carbonyl (C=O) groups is 1. The number of fused-ring (bicyclic) bond motifs is 1. The summed E-state index contributed by atoms with van der Waals surface area (Å²) in [5, 5.41) is 5.02. The summed E-state index contributed by atoms with van der Waals surface area (Å²) in [6.45, 7) is 1.45. The Morgan fingerprint density at radius 3 is 2.69 bits per heavy atom. The standard InChI is InChI=1S/C17H17F4N7O/c1-3-16(2,15(29)25-7-17(19,20)21)28-14-11(18)6-24-13(27-14)10-5-23-12-9(10)4-22-8-26-12/h4-6,8H,3,7H2,1-2H3,(H,25,29)(H,22,23,26)(H,24,27,28)/t16-/m1/s1. The van der Waals surface area contributed by atoms with Crippen LogP contribution in [0.4, 0.5) is 23.4 Å². The Bertz CT molecular complexity index is 1040. The number of hydrogen-bond acceptors (Lipinski definition) is 6. The summed E-state index contributed by atoms with van der Waals surface area (Å²) < 4.78 is 51.5. The van der Waals surface area contributed by atoms with Crippen molar-refractivity contribution in [2.24, 2.45) is 0 Å². The molecule has 0 spiro atoms. The smallest absolute Gasteiger partial charge is 0.354 e. The first kappa shape index (κ1) is 20.4. The van der Waals surface area contributed by atoms with Crippen molar-refractivity contribution >= 4 is 22.8 Å². The van der Waals surface area contributed by atoms with Gasteiger partial charge in [-0.15, -0.1) is 0 Å². The fourth-order valence-corrected chi connectivity index (χ4v) is 2.57. The zero-order valence-electron chi connectivity index (χ0n) is 15.4. The second-order valence-corrected chi connectivity index (χ2v) is 6.49. The van der Waals surface area contributed by atoms with Crippen molar-refractivity contribution in [3.63, 3.8) is 0 Å². The molecule has 3 heterocycles. The number of rotatable bonds is 6. The van der Waals surface area contributed by atoms with Crippen LogP contribution in [0.15, 0.2) is 24.9 Å². The second kappa shape index (κ2) is 7.60. The largest absolute Gasteiger partial charge is 0.405 e. The van der Waals surface area contributed by atoms with Crippen LogP contribution < -0.4 is 10.6 Å². The number of H-pyrrole nitrogens is 1. The molecule has 29 heavy (non-hydrogen) atoms. The molecule has 0 bridgehead atoms. The Hall–Kier alpha value is -3.31. The van der Waals surface area contributed by atoms with Crippen LogP contribution in [0.5, 0.6) is 0 Å². The van der Waals surface area contributed by atoms with Gasteiger partial charge < -0.3 is 15.6 Å². The molecule has 0 saturated carbocycles. The van der Waals surface area contributed by atoms with Gasteiger partial charge in [-0.3, -0.25) is 4.79 Å². The van der Waals surface area contributed by atoms with E-state index in [0.717, 1.165) is 6.20 Å². The topological polar surface area (TPSA) is 108 Å². The molecule has 3 aromatic rings. The zero-order valence-corrected chi connectivity index (χ0v) is 15.4. The normalized spacial score (nSPS) is 13.9. The van der Waals surface area contributed by atoms with Gasteiger partial charge in [0.25, 0.3) is 0 Å². The van der Waals surface area contributed by atoms with Crippen LogP contribution in [0.1, 0.15) is 20.3 Å². The molecule has 0 aliphatic heterocycles. The number of nitrogens with zero attached hydrogens (tertiary/aromatic N) is 4. The monoisotopic (exact) mass is 411 g/mol. The fraction of sp³-hybridized carbons (Fsp3) is 0.353. The highest BCUT2D eigenvalue weighted by Crippen LogP contribution is 2.27. The number of aromatic amines is 1. The number of amides is 1. The maximum absolute atomic E-state index is 14.3. The fourth-order valence-electron chi connectivity index (χ4n) is 2.57. The van der Waals surface area contributed by atoms with Crippen molar-refractivity contribution in [3.05, 3.63) is 30.7 Å².